The van der Waals surface area contributed by atoms with E-state index in [1.54, 1.807) is 6.07 Å². The van der Waals surface area contributed by atoms with Crippen molar-refractivity contribution in [1.29, 1.82) is 5.26 Å². The Morgan fingerprint density at radius 3 is 2.64 bits per heavy atom. The zero-order valence-electron chi connectivity index (χ0n) is 11.3. The maximum atomic E-state index is 13.0. The molecular weight excluding hydrogens is 321 g/mol. The summed E-state index contributed by atoms with van der Waals surface area (Å²) in [4.78, 5) is 11.8. The van der Waals surface area contributed by atoms with Crippen LogP contribution in [0.5, 0.6) is 0 Å². The Hall–Kier alpha value is -2.02. The summed E-state index contributed by atoms with van der Waals surface area (Å²) < 4.78 is 59.9. The highest BCUT2D eigenvalue weighted by Crippen LogP contribution is 2.60. The third-order valence-corrected chi connectivity index (χ3v) is 4.92. The van der Waals surface area contributed by atoms with E-state index in [9.17, 15) is 27.1 Å². The number of amides is 1. The van der Waals surface area contributed by atoms with Crippen molar-refractivity contribution in [2.75, 3.05) is 6.54 Å². The number of hydrogen-bond donors (Lipinski definition) is 2. The Morgan fingerprint density at radius 1 is 1.45 bits per heavy atom. The maximum Gasteiger partial charge on any atom is 0.417 e. The molecule has 1 amide bonds. The molecule has 0 bridgehead atoms. The zero-order chi connectivity index (χ0) is 16.7. The van der Waals surface area contributed by atoms with Crippen LogP contribution in [0.25, 0.3) is 0 Å². The second-order valence-corrected chi connectivity index (χ2v) is 6.58. The van der Waals surface area contributed by atoms with Crippen LogP contribution in [0.4, 0.5) is 13.2 Å². The van der Waals surface area contributed by atoms with Gasteiger partial charge in [0.25, 0.3) is 5.91 Å². The summed E-state index contributed by atoms with van der Waals surface area (Å²) >= 11 is 0. The lowest BCUT2D eigenvalue weighted by Gasteiger charge is -2.37. The second-order valence-electron chi connectivity index (χ2n) is 4.66. The van der Waals surface area contributed by atoms with Crippen LogP contribution in [-0.2, 0) is 6.18 Å². The third-order valence-electron chi connectivity index (χ3n) is 3.08. The Morgan fingerprint density at radius 2 is 2.09 bits per heavy atom. The molecule has 0 saturated heterocycles. The number of rotatable bonds is 2. The number of nitriles is 1. The molecule has 0 aromatic heterocycles. The molecular formula is C13H11F3N2O3S. The van der Waals surface area contributed by atoms with Gasteiger partial charge in [-0.15, -0.1) is 0 Å². The van der Waals surface area contributed by atoms with E-state index in [0.717, 1.165) is 18.2 Å². The van der Waals surface area contributed by atoms with Gasteiger partial charge in [-0.1, -0.05) is 16.8 Å². The predicted molar refractivity (Wildman–Crippen MR) is 73.0 cm³/mol. The van der Waals surface area contributed by atoms with E-state index in [1.807, 2.05) is 0 Å². The Balaban J connectivity index is 2.57. The van der Waals surface area contributed by atoms with Crippen molar-refractivity contribution < 1.29 is 27.1 Å². The van der Waals surface area contributed by atoms with Gasteiger partial charge >= 0.3 is 6.18 Å². The van der Waals surface area contributed by atoms with Crippen LogP contribution in [0.15, 0.2) is 34.7 Å². The SMILES string of the molecule is C/C(=C\C#N)CN1C(=O)c2c(C(F)(F)F)cccc2S1(O)O. The van der Waals surface area contributed by atoms with E-state index in [-0.39, 0.29) is 6.54 Å². The zero-order valence-corrected chi connectivity index (χ0v) is 12.1. The molecule has 22 heavy (non-hydrogen) atoms. The van der Waals surface area contributed by atoms with Gasteiger partial charge in [-0.3, -0.25) is 13.9 Å². The van der Waals surface area contributed by atoms with Crippen LogP contribution in [0.2, 0.25) is 0 Å². The minimum absolute atomic E-state index is 0.317. The summed E-state index contributed by atoms with van der Waals surface area (Å²) in [6.45, 7) is 1.11. The standard InChI is InChI=1S/C13H11F3N2O3S/c1-8(5-6-17)7-18-12(19)11-9(13(14,15)16)3-2-4-10(11)22(18,20)21/h2-5,20-21H,7H2,1H3/b8-5+. The number of halogens is 3. The number of carbonyl (C=O) groups is 1. The fraction of sp³-hybridized carbons (Fsp3) is 0.231. The molecule has 0 atom stereocenters. The summed E-state index contributed by atoms with van der Waals surface area (Å²) in [6, 6.07) is 4.53. The highest BCUT2D eigenvalue weighted by Gasteiger charge is 2.47. The molecule has 5 nitrogen and oxygen atoms in total. The lowest BCUT2D eigenvalue weighted by molar-refractivity contribution is -0.138. The molecule has 2 N–H and O–H groups in total. The predicted octanol–water partition coefficient (Wildman–Crippen LogP) is 3.66. The van der Waals surface area contributed by atoms with Crippen molar-refractivity contribution in [3.63, 3.8) is 0 Å². The molecule has 1 aliphatic rings. The normalized spacial score (nSPS) is 18.9. The number of nitrogens with zero attached hydrogens (tertiary/aromatic N) is 2. The number of carbonyl (C=O) groups excluding carboxylic acids is 1. The Kier molecular flexibility index (Phi) is 3.95. The van der Waals surface area contributed by atoms with E-state index in [0.29, 0.717) is 15.9 Å². The van der Waals surface area contributed by atoms with Gasteiger partial charge in [0.1, 0.15) is 0 Å². The van der Waals surface area contributed by atoms with Gasteiger partial charge in [0.15, 0.2) is 0 Å². The summed E-state index contributed by atoms with van der Waals surface area (Å²) in [5.74, 6) is -1.12. The molecule has 0 fully saturated rings. The van der Waals surface area contributed by atoms with Crippen LogP contribution < -0.4 is 0 Å². The van der Waals surface area contributed by atoms with E-state index < -0.39 is 38.9 Å². The Bertz CT molecular complexity index is 707. The molecule has 118 valence electrons. The van der Waals surface area contributed by atoms with Gasteiger partial charge in [-0.2, -0.15) is 18.4 Å². The lowest BCUT2D eigenvalue weighted by atomic mass is 10.1. The molecule has 1 aromatic rings. The van der Waals surface area contributed by atoms with E-state index >= 15 is 0 Å². The largest absolute Gasteiger partial charge is 0.417 e. The van der Waals surface area contributed by atoms with Crippen molar-refractivity contribution in [2.45, 2.75) is 18.0 Å². The highest BCUT2D eigenvalue weighted by atomic mass is 32.3. The van der Waals surface area contributed by atoms with Gasteiger partial charge in [0.2, 0.25) is 0 Å². The fourth-order valence-electron chi connectivity index (χ4n) is 2.12. The van der Waals surface area contributed by atoms with Gasteiger partial charge in [-0.25, -0.2) is 4.31 Å². The summed E-state index contributed by atoms with van der Waals surface area (Å²) in [6.07, 6.45) is -3.71. The van der Waals surface area contributed by atoms with Gasteiger partial charge in [-0.05, 0) is 24.6 Å². The van der Waals surface area contributed by atoms with Crippen LogP contribution in [0.3, 0.4) is 0 Å². The fourth-order valence-corrected chi connectivity index (χ4v) is 3.80. The quantitative estimate of drug-likeness (QED) is 0.810. The summed E-state index contributed by atoms with van der Waals surface area (Å²) in [5, 5.41) is 8.53. The first kappa shape index (κ1) is 16.4. The van der Waals surface area contributed by atoms with Crippen molar-refractivity contribution >= 4 is 16.7 Å². The van der Waals surface area contributed by atoms with E-state index in [4.69, 9.17) is 5.26 Å². The Labute approximate surface area is 125 Å². The number of alkyl halides is 3. The maximum absolute atomic E-state index is 13.0. The number of hydrogen-bond acceptors (Lipinski definition) is 4. The number of fused-ring (bicyclic) bond motifs is 1. The molecule has 0 aliphatic carbocycles. The first-order valence-corrected chi connectivity index (χ1v) is 7.46. The topological polar surface area (TPSA) is 84.6 Å². The van der Waals surface area contributed by atoms with E-state index in [2.05, 4.69) is 0 Å². The molecule has 0 radical (unpaired) electrons. The van der Waals surface area contributed by atoms with Gasteiger partial charge in [0, 0.05) is 6.08 Å². The minimum Gasteiger partial charge on any atom is -0.277 e. The average molecular weight is 332 g/mol. The molecule has 1 aliphatic heterocycles. The van der Waals surface area contributed by atoms with Crippen LogP contribution in [-0.4, -0.2) is 25.9 Å². The monoisotopic (exact) mass is 332 g/mol. The van der Waals surface area contributed by atoms with Crippen LogP contribution in [0.1, 0.15) is 22.8 Å². The molecule has 9 heteroatoms. The molecule has 0 saturated carbocycles. The van der Waals surface area contributed by atoms with Crippen molar-refractivity contribution in [1.82, 2.24) is 4.31 Å². The van der Waals surface area contributed by atoms with Gasteiger partial charge in [0.05, 0.1) is 28.6 Å². The molecule has 0 unspecified atom stereocenters. The summed E-state index contributed by atoms with van der Waals surface area (Å²) in [5.41, 5.74) is -1.64. The minimum atomic E-state index is -4.79. The van der Waals surface area contributed by atoms with Crippen LogP contribution in [0, 0.1) is 11.3 Å². The lowest BCUT2D eigenvalue weighted by Crippen LogP contribution is -2.29. The van der Waals surface area contributed by atoms with Gasteiger partial charge < -0.3 is 0 Å². The van der Waals surface area contributed by atoms with Crippen molar-refractivity contribution in [3.05, 3.63) is 41.0 Å². The smallest absolute Gasteiger partial charge is 0.277 e. The first-order chi connectivity index (χ1) is 10.1. The van der Waals surface area contributed by atoms with Crippen molar-refractivity contribution in [2.24, 2.45) is 0 Å². The highest BCUT2D eigenvalue weighted by molar-refractivity contribution is 8.23. The molecule has 2 rings (SSSR count). The second kappa shape index (κ2) is 5.31. The molecule has 1 aromatic carbocycles. The molecule has 0 spiro atoms. The average Bonchev–Trinajstić information content (AvgIpc) is 2.59. The summed E-state index contributed by atoms with van der Waals surface area (Å²) in [7, 11) is -3.86. The number of allylic oxidation sites excluding steroid dienone is 1. The van der Waals surface area contributed by atoms with Crippen molar-refractivity contribution in [3.8, 4) is 6.07 Å². The third kappa shape index (κ3) is 2.56. The van der Waals surface area contributed by atoms with E-state index in [1.165, 1.54) is 6.92 Å². The first-order valence-electron chi connectivity index (χ1n) is 5.96. The van der Waals surface area contributed by atoms with Crippen LogP contribution >= 0.6 is 10.8 Å². The molecule has 1 heterocycles. The number of benzene rings is 1.